The number of aromatic nitrogens is 2. The SMILES string of the molecule is COc1ccc2c(c1)[n+]([O-])c(/C(C)=N\NC(=O)CC#N)c[n+]2[O-]. The van der Waals surface area contributed by atoms with E-state index in [2.05, 4.69) is 10.5 Å². The van der Waals surface area contributed by atoms with Gasteiger partial charge in [0.15, 0.2) is 0 Å². The monoisotopic (exact) mass is 315 g/mol. The van der Waals surface area contributed by atoms with Crippen molar-refractivity contribution in [2.24, 2.45) is 5.10 Å². The number of amides is 1. The minimum atomic E-state index is -0.609. The second-order valence-corrected chi connectivity index (χ2v) is 4.56. The topological polar surface area (TPSA) is 128 Å². The number of nitriles is 1. The van der Waals surface area contributed by atoms with Gasteiger partial charge < -0.3 is 15.2 Å². The van der Waals surface area contributed by atoms with Crippen molar-refractivity contribution in [3.8, 4) is 11.8 Å². The summed E-state index contributed by atoms with van der Waals surface area (Å²) in [5.41, 5.74) is 2.51. The van der Waals surface area contributed by atoms with E-state index in [1.165, 1.54) is 26.2 Å². The third kappa shape index (κ3) is 3.26. The van der Waals surface area contributed by atoms with E-state index in [-0.39, 0.29) is 28.9 Å². The lowest BCUT2D eigenvalue weighted by Gasteiger charge is -2.08. The highest BCUT2D eigenvalue weighted by atomic mass is 16.5. The van der Waals surface area contributed by atoms with Crippen LogP contribution in [0.15, 0.2) is 29.5 Å². The van der Waals surface area contributed by atoms with Gasteiger partial charge in [-0.15, -0.1) is 0 Å². The van der Waals surface area contributed by atoms with Gasteiger partial charge in [-0.25, -0.2) is 5.43 Å². The molecule has 1 amide bonds. The third-order valence-electron chi connectivity index (χ3n) is 3.06. The summed E-state index contributed by atoms with van der Waals surface area (Å²) in [6.07, 6.45) is 0.710. The van der Waals surface area contributed by atoms with Crippen LogP contribution in [0.1, 0.15) is 19.0 Å². The first-order valence-electron chi connectivity index (χ1n) is 6.52. The van der Waals surface area contributed by atoms with Crippen LogP contribution in [0.4, 0.5) is 0 Å². The number of fused-ring (bicyclic) bond motifs is 1. The van der Waals surface area contributed by atoms with Crippen LogP contribution < -0.4 is 19.6 Å². The lowest BCUT2D eigenvalue weighted by molar-refractivity contribution is -0.629. The molecule has 0 spiro atoms. The van der Waals surface area contributed by atoms with Gasteiger partial charge in [-0.1, -0.05) is 0 Å². The minimum absolute atomic E-state index is 0.0296. The van der Waals surface area contributed by atoms with Gasteiger partial charge in [-0.2, -0.15) is 19.8 Å². The molecule has 0 saturated carbocycles. The van der Waals surface area contributed by atoms with Crippen molar-refractivity contribution in [3.63, 3.8) is 0 Å². The van der Waals surface area contributed by atoms with Gasteiger partial charge in [0, 0.05) is 6.07 Å². The maximum Gasteiger partial charge on any atom is 0.305 e. The van der Waals surface area contributed by atoms with Crippen molar-refractivity contribution in [3.05, 3.63) is 40.5 Å². The number of ether oxygens (including phenoxy) is 1. The van der Waals surface area contributed by atoms with Crippen LogP contribution in [0.5, 0.6) is 5.75 Å². The summed E-state index contributed by atoms with van der Waals surface area (Å²) < 4.78 is 6.11. The zero-order valence-corrected chi connectivity index (χ0v) is 12.4. The number of benzene rings is 1. The first-order chi connectivity index (χ1) is 11.0. The van der Waals surface area contributed by atoms with Crippen molar-refractivity contribution < 1.29 is 19.0 Å². The predicted molar refractivity (Wildman–Crippen MR) is 79.0 cm³/mol. The Kier molecular flexibility index (Phi) is 4.56. The average molecular weight is 315 g/mol. The Balaban J connectivity index is 2.49. The smallest absolute Gasteiger partial charge is 0.305 e. The van der Waals surface area contributed by atoms with Crippen molar-refractivity contribution in [2.75, 3.05) is 7.11 Å². The number of carbonyl (C=O) groups excluding carboxylic acids is 1. The Morgan fingerprint density at radius 2 is 2.17 bits per heavy atom. The Morgan fingerprint density at radius 1 is 1.43 bits per heavy atom. The van der Waals surface area contributed by atoms with E-state index in [4.69, 9.17) is 10.00 Å². The van der Waals surface area contributed by atoms with E-state index in [0.29, 0.717) is 15.2 Å². The molecule has 9 heteroatoms. The van der Waals surface area contributed by atoms with Gasteiger partial charge in [0.1, 0.15) is 17.9 Å². The molecule has 0 saturated heterocycles. The molecular weight excluding hydrogens is 302 g/mol. The highest BCUT2D eigenvalue weighted by Crippen LogP contribution is 2.15. The molecule has 118 valence electrons. The maximum absolute atomic E-state index is 12.4. The molecule has 23 heavy (non-hydrogen) atoms. The zero-order chi connectivity index (χ0) is 17.0. The standard InChI is InChI=1S/C14H13N5O4/c1-9(16-17-14(20)5-6-15)13-8-18(21)11-4-3-10(23-2)7-12(11)19(13)22/h3-4,7-8H,5H2,1-2H3,(H,17,20)/b16-9-. The molecule has 0 aliphatic heterocycles. The van der Waals surface area contributed by atoms with Crippen LogP contribution >= 0.6 is 0 Å². The lowest BCUT2D eigenvalue weighted by atomic mass is 10.2. The number of hydrogen-bond donors (Lipinski definition) is 1. The summed E-state index contributed by atoms with van der Waals surface area (Å²) >= 11 is 0. The molecule has 1 aromatic heterocycles. The summed E-state index contributed by atoms with van der Waals surface area (Å²) in [7, 11) is 1.45. The molecule has 2 rings (SSSR count). The van der Waals surface area contributed by atoms with Crippen LogP contribution in [0.3, 0.4) is 0 Å². The third-order valence-corrected chi connectivity index (χ3v) is 3.06. The summed E-state index contributed by atoms with van der Waals surface area (Å²) in [5, 5.41) is 36.6. The number of hydrazone groups is 1. The van der Waals surface area contributed by atoms with Crippen LogP contribution in [0.2, 0.25) is 0 Å². The van der Waals surface area contributed by atoms with Gasteiger partial charge in [0.25, 0.3) is 23.1 Å². The molecule has 1 heterocycles. The Hall–Kier alpha value is -3.41. The minimum Gasteiger partial charge on any atom is -0.618 e. The fraction of sp³-hybridized carbons (Fsp3) is 0.214. The number of nitrogens with one attached hydrogen (secondary N) is 1. The zero-order valence-electron chi connectivity index (χ0n) is 12.4. The second-order valence-electron chi connectivity index (χ2n) is 4.56. The number of rotatable bonds is 4. The normalized spacial score (nSPS) is 11.1. The molecular formula is C14H13N5O4. The highest BCUT2D eigenvalue weighted by molar-refractivity contribution is 5.96. The van der Waals surface area contributed by atoms with E-state index in [1.807, 2.05) is 0 Å². The van der Waals surface area contributed by atoms with Crippen LogP contribution in [0, 0.1) is 21.7 Å². The van der Waals surface area contributed by atoms with E-state index in [1.54, 1.807) is 12.1 Å². The van der Waals surface area contributed by atoms with Crippen molar-refractivity contribution in [1.82, 2.24) is 5.43 Å². The highest BCUT2D eigenvalue weighted by Gasteiger charge is 2.22. The first-order valence-corrected chi connectivity index (χ1v) is 6.52. The number of methoxy groups -OCH3 is 1. The molecule has 0 aliphatic carbocycles. The van der Waals surface area contributed by atoms with E-state index >= 15 is 0 Å². The Morgan fingerprint density at radius 3 is 2.83 bits per heavy atom. The first kappa shape index (κ1) is 16.0. The van der Waals surface area contributed by atoms with Gasteiger partial charge in [0.05, 0.1) is 19.2 Å². The quantitative estimate of drug-likeness (QED) is 0.364. The van der Waals surface area contributed by atoms with Crippen molar-refractivity contribution >= 4 is 22.7 Å². The lowest BCUT2D eigenvalue weighted by Crippen LogP contribution is -2.43. The van der Waals surface area contributed by atoms with Crippen LogP contribution in [0.25, 0.3) is 11.0 Å². The molecule has 1 N–H and O–H groups in total. The Labute approximate surface area is 131 Å². The summed E-state index contributed by atoms with van der Waals surface area (Å²) in [6.45, 7) is 1.46. The van der Waals surface area contributed by atoms with Gasteiger partial charge >= 0.3 is 5.69 Å². The van der Waals surface area contributed by atoms with E-state index in [9.17, 15) is 15.2 Å². The van der Waals surface area contributed by atoms with Crippen molar-refractivity contribution in [2.45, 2.75) is 13.3 Å². The molecule has 0 atom stereocenters. The molecule has 0 unspecified atom stereocenters. The van der Waals surface area contributed by atoms with Gasteiger partial charge in [-0.3, -0.25) is 4.79 Å². The fourth-order valence-corrected chi connectivity index (χ4v) is 1.90. The molecule has 0 aliphatic rings. The maximum atomic E-state index is 12.4. The summed E-state index contributed by atoms with van der Waals surface area (Å²) in [6, 6.07) is 6.15. The predicted octanol–water partition coefficient (Wildman–Crippen LogP) is -0.131. The summed E-state index contributed by atoms with van der Waals surface area (Å²) in [4.78, 5) is 11.2. The average Bonchev–Trinajstić information content (AvgIpc) is 2.55. The molecule has 0 bridgehead atoms. The van der Waals surface area contributed by atoms with Crippen LogP contribution in [-0.2, 0) is 4.79 Å². The van der Waals surface area contributed by atoms with Crippen molar-refractivity contribution in [1.29, 1.82) is 5.26 Å². The van der Waals surface area contributed by atoms with Crippen LogP contribution in [-0.4, -0.2) is 18.7 Å². The number of nitrogens with zero attached hydrogens (tertiary/aromatic N) is 4. The number of carbonyl (C=O) groups is 1. The second kappa shape index (κ2) is 6.57. The molecule has 0 fully saturated rings. The molecule has 2 aromatic rings. The van der Waals surface area contributed by atoms with E-state index < -0.39 is 5.91 Å². The summed E-state index contributed by atoms with van der Waals surface area (Å²) in [5.74, 6) is -0.182. The van der Waals surface area contributed by atoms with Gasteiger partial charge in [-0.05, 0) is 13.0 Å². The number of hydrogen-bond acceptors (Lipinski definition) is 6. The van der Waals surface area contributed by atoms with E-state index in [0.717, 1.165) is 6.20 Å². The largest absolute Gasteiger partial charge is 0.618 e. The molecule has 1 aromatic carbocycles. The molecule has 0 radical (unpaired) electrons. The fourth-order valence-electron chi connectivity index (χ4n) is 1.90. The van der Waals surface area contributed by atoms with Gasteiger partial charge in [0.2, 0.25) is 0 Å². The molecule has 9 nitrogen and oxygen atoms in total. The Bertz CT molecular complexity index is 841.